The van der Waals surface area contributed by atoms with E-state index in [4.69, 9.17) is 5.11 Å². The normalized spacial score (nSPS) is 18.0. The molecule has 1 fully saturated rings. The SMILES string of the molecule is CC[C@@H](NC(=O)NC(C)C(=O)N1CCCCC1)C(=O)O. The first kappa shape index (κ1) is 16.3. The fourth-order valence-corrected chi connectivity index (χ4v) is 2.18. The average molecular weight is 285 g/mol. The Morgan fingerprint density at radius 3 is 2.25 bits per heavy atom. The Hall–Kier alpha value is -1.79. The van der Waals surface area contributed by atoms with Gasteiger partial charge in [-0.1, -0.05) is 6.92 Å². The monoisotopic (exact) mass is 285 g/mol. The number of rotatable bonds is 5. The minimum Gasteiger partial charge on any atom is -0.480 e. The number of carboxylic acids is 1. The van der Waals surface area contributed by atoms with Crippen molar-refractivity contribution >= 4 is 17.9 Å². The van der Waals surface area contributed by atoms with Crippen LogP contribution >= 0.6 is 0 Å². The second-order valence-corrected chi connectivity index (χ2v) is 5.02. The molecule has 0 saturated carbocycles. The molecule has 0 aromatic rings. The number of nitrogens with zero attached hydrogens (tertiary/aromatic N) is 1. The number of hydrogen-bond acceptors (Lipinski definition) is 3. The summed E-state index contributed by atoms with van der Waals surface area (Å²) in [5.41, 5.74) is 0. The molecule has 1 aliphatic heterocycles. The Balaban J connectivity index is 2.43. The molecule has 1 heterocycles. The summed E-state index contributed by atoms with van der Waals surface area (Å²) >= 11 is 0. The number of aliphatic carboxylic acids is 1. The Morgan fingerprint density at radius 1 is 1.15 bits per heavy atom. The number of carbonyl (C=O) groups excluding carboxylic acids is 2. The molecule has 1 unspecified atom stereocenters. The van der Waals surface area contributed by atoms with Gasteiger partial charge in [-0.15, -0.1) is 0 Å². The molecule has 0 aromatic heterocycles. The first-order valence-electron chi connectivity index (χ1n) is 7.04. The van der Waals surface area contributed by atoms with Gasteiger partial charge >= 0.3 is 12.0 Å². The van der Waals surface area contributed by atoms with Gasteiger partial charge in [-0.05, 0) is 32.6 Å². The van der Waals surface area contributed by atoms with Gasteiger partial charge in [0.25, 0.3) is 0 Å². The van der Waals surface area contributed by atoms with Crippen LogP contribution in [0.1, 0.15) is 39.5 Å². The van der Waals surface area contributed by atoms with Crippen LogP contribution in [0.2, 0.25) is 0 Å². The number of urea groups is 1. The van der Waals surface area contributed by atoms with Gasteiger partial charge in [0.1, 0.15) is 12.1 Å². The predicted molar refractivity (Wildman–Crippen MR) is 73.3 cm³/mol. The summed E-state index contributed by atoms with van der Waals surface area (Å²) in [6.45, 7) is 4.72. The van der Waals surface area contributed by atoms with Gasteiger partial charge in [0.2, 0.25) is 5.91 Å². The van der Waals surface area contributed by atoms with E-state index in [-0.39, 0.29) is 12.3 Å². The van der Waals surface area contributed by atoms with Crippen LogP contribution < -0.4 is 10.6 Å². The summed E-state index contributed by atoms with van der Waals surface area (Å²) in [5.74, 6) is -1.21. The molecule has 20 heavy (non-hydrogen) atoms. The highest BCUT2D eigenvalue weighted by atomic mass is 16.4. The fraction of sp³-hybridized carbons (Fsp3) is 0.769. The van der Waals surface area contributed by atoms with E-state index >= 15 is 0 Å². The topological polar surface area (TPSA) is 98.7 Å². The van der Waals surface area contributed by atoms with Gasteiger partial charge in [0.05, 0.1) is 0 Å². The maximum Gasteiger partial charge on any atom is 0.326 e. The zero-order valence-corrected chi connectivity index (χ0v) is 12.0. The molecule has 0 aromatic carbocycles. The van der Waals surface area contributed by atoms with E-state index in [0.717, 1.165) is 32.4 Å². The molecular formula is C13H23N3O4. The average Bonchev–Trinajstić information content (AvgIpc) is 2.44. The molecule has 0 spiro atoms. The molecule has 0 radical (unpaired) electrons. The largest absolute Gasteiger partial charge is 0.480 e. The Bertz CT molecular complexity index is 367. The second kappa shape index (κ2) is 7.72. The first-order valence-corrected chi connectivity index (χ1v) is 7.04. The number of amides is 3. The predicted octanol–water partition coefficient (Wildman–Crippen LogP) is 0.550. The highest BCUT2D eigenvalue weighted by molar-refractivity contribution is 5.88. The van der Waals surface area contributed by atoms with Crippen molar-refractivity contribution in [3.63, 3.8) is 0 Å². The van der Waals surface area contributed by atoms with Crippen LogP contribution in [-0.2, 0) is 9.59 Å². The number of likely N-dealkylation sites (tertiary alicyclic amines) is 1. The third kappa shape index (κ3) is 4.71. The smallest absolute Gasteiger partial charge is 0.326 e. The van der Waals surface area contributed by atoms with Gasteiger partial charge in [-0.3, -0.25) is 4.79 Å². The van der Waals surface area contributed by atoms with Crippen LogP contribution in [0.5, 0.6) is 0 Å². The molecule has 7 nitrogen and oxygen atoms in total. The first-order chi connectivity index (χ1) is 9.45. The zero-order chi connectivity index (χ0) is 15.1. The summed E-state index contributed by atoms with van der Waals surface area (Å²) in [6.07, 6.45) is 3.39. The van der Waals surface area contributed by atoms with E-state index in [2.05, 4.69) is 10.6 Å². The van der Waals surface area contributed by atoms with Crippen molar-refractivity contribution in [1.82, 2.24) is 15.5 Å². The van der Waals surface area contributed by atoms with Crippen LogP contribution in [0.3, 0.4) is 0 Å². The van der Waals surface area contributed by atoms with Crippen molar-refractivity contribution < 1.29 is 19.5 Å². The molecule has 7 heteroatoms. The molecule has 1 rings (SSSR count). The number of piperidine rings is 1. The summed E-state index contributed by atoms with van der Waals surface area (Å²) in [6, 6.07) is -2.22. The van der Waals surface area contributed by atoms with Crippen LogP contribution in [0, 0.1) is 0 Å². The van der Waals surface area contributed by atoms with Crippen molar-refractivity contribution in [1.29, 1.82) is 0 Å². The van der Waals surface area contributed by atoms with Crippen molar-refractivity contribution in [3.8, 4) is 0 Å². The lowest BCUT2D eigenvalue weighted by Crippen LogP contribution is -2.53. The number of carboxylic acid groups (broad SMARTS) is 1. The third-order valence-electron chi connectivity index (χ3n) is 3.40. The molecule has 114 valence electrons. The van der Waals surface area contributed by atoms with E-state index in [0.29, 0.717) is 0 Å². The minimum atomic E-state index is -1.09. The Kier molecular flexibility index (Phi) is 6.27. The Morgan fingerprint density at radius 2 is 1.75 bits per heavy atom. The van der Waals surface area contributed by atoms with Crippen LogP contribution in [0.15, 0.2) is 0 Å². The molecule has 0 aliphatic carbocycles. The number of carbonyl (C=O) groups is 3. The quantitative estimate of drug-likeness (QED) is 0.687. The van der Waals surface area contributed by atoms with Crippen LogP contribution in [-0.4, -0.2) is 53.1 Å². The molecule has 2 atom stereocenters. The maximum absolute atomic E-state index is 12.1. The molecular weight excluding hydrogens is 262 g/mol. The molecule has 1 aliphatic rings. The van der Waals surface area contributed by atoms with Gasteiger partial charge in [0.15, 0.2) is 0 Å². The molecule has 3 amide bonds. The van der Waals surface area contributed by atoms with E-state index in [9.17, 15) is 14.4 Å². The van der Waals surface area contributed by atoms with Crippen molar-refractivity contribution in [2.75, 3.05) is 13.1 Å². The van der Waals surface area contributed by atoms with E-state index in [1.165, 1.54) is 0 Å². The summed E-state index contributed by atoms with van der Waals surface area (Å²) < 4.78 is 0. The number of nitrogens with one attached hydrogen (secondary N) is 2. The molecule has 3 N–H and O–H groups in total. The summed E-state index contributed by atoms with van der Waals surface area (Å²) in [4.78, 5) is 36.3. The maximum atomic E-state index is 12.1. The second-order valence-electron chi connectivity index (χ2n) is 5.02. The van der Waals surface area contributed by atoms with E-state index in [1.54, 1.807) is 18.7 Å². The molecule has 0 bridgehead atoms. The minimum absolute atomic E-state index is 0.122. The van der Waals surface area contributed by atoms with Gasteiger partial charge in [-0.25, -0.2) is 9.59 Å². The van der Waals surface area contributed by atoms with Crippen molar-refractivity contribution in [3.05, 3.63) is 0 Å². The lowest BCUT2D eigenvalue weighted by molar-refractivity contribution is -0.139. The van der Waals surface area contributed by atoms with Gasteiger partial charge in [-0.2, -0.15) is 0 Å². The van der Waals surface area contributed by atoms with Crippen molar-refractivity contribution in [2.45, 2.75) is 51.6 Å². The lowest BCUT2D eigenvalue weighted by Gasteiger charge is -2.29. The zero-order valence-electron chi connectivity index (χ0n) is 12.0. The fourth-order valence-electron chi connectivity index (χ4n) is 2.18. The van der Waals surface area contributed by atoms with Crippen LogP contribution in [0.4, 0.5) is 4.79 Å². The van der Waals surface area contributed by atoms with Gasteiger partial charge in [0, 0.05) is 13.1 Å². The van der Waals surface area contributed by atoms with E-state index < -0.39 is 24.1 Å². The highest BCUT2D eigenvalue weighted by Crippen LogP contribution is 2.09. The lowest BCUT2D eigenvalue weighted by atomic mass is 10.1. The standard InChI is InChI=1S/C13H23N3O4/c1-3-10(12(18)19)15-13(20)14-9(2)11(17)16-7-5-4-6-8-16/h9-10H,3-8H2,1-2H3,(H,18,19)(H2,14,15,20)/t9?,10-/m1/s1. The third-order valence-corrected chi connectivity index (χ3v) is 3.40. The highest BCUT2D eigenvalue weighted by Gasteiger charge is 2.24. The summed E-state index contributed by atoms with van der Waals surface area (Å²) in [5, 5.41) is 13.7. The molecule has 1 saturated heterocycles. The number of hydrogen-bond donors (Lipinski definition) is 3. The summed E-state index contributed by atoms with van der Waals surface area (Å²) in [7, 11) is 0. The van der Waals surface area contributed by atoms with Crippen molar-refractivity contribution in [2.24, 2.45) is 0 Å². The Labute approximate surface area is 118 Å². The van der Waals surface area contributed by atoms with Crippen LogP contribution in [0.25, 0.3) is 0 Å². The van der Waals surface area contributed by atoms with Gasteiger partial charge < -0.3 is 20.6 Å². The van der Waals surface area contributed by atoms with E-state index in [1.807, 2.05) is 0 Å².